The largest absolute Gasteiger partial charge is 0.386 e. The Morgan fingerprint density at radius 1 is 1.06 bits per heavy atom. The minimum Gasteiger partial charge on any atom is -0.386 e. The van der Waals surface area contributed by atoms with Crippen LogP contribution >= 0.6 is 0 Å². The van der Waals surface area contributed by atoms with Gasteiger partial charge in [0.15, 0.2) is 11.5 Å². The minimum absolute atomic E-state index is 0.171. The third-order valence-electron chi connectivity index (χ3n) is 5.04. The van der Waals surface area contributed by atoms with E-state index in [2.05, 4.69) is 35.6 Å². The molecule has 36 heavy (non-hydrogen) atoms. The smallest absolute Gasteiger partial charge is 0.181 e. The number of hydrogen-bond donors (Lipinski definition) is 3. The number of H-pyrrole nitrogens is 1. The molecule has 0 bridgehead atoms. The molecule has 178 valence electrons. The summed E-state index contributed by atoms with van der Waals surface area (Å²) in [5, 5.41) is 13.8. The van der Waals surface area contributed by atoms with Crippen molar-refractivity contribution in [2.24, 2.45) is 0 Å². The number of aldehydes is 1. The number of aromatic amines is 1. The molecule has 3 heterocycles. The van der Waals surface area contributed by atoms with E-state index in [4.69, 9.17) is 5.26 Å². The molecule has 0 aliphatic rings. The summed E-state index contributed by atoms with van der Waals surface area (Å²) in [7, 11) is 1.56. The van der Waals surface area contributed by atoms with Crippen molar-refractivity contribution < 1.29 is 13.6 Å². The molecule has 0 aliphatic heterocycles. The molecule has 5 rings (SSSR count). The lowest BCUT2D eigenvalue weighted by atomic mass is 10.1. The van der Waals surface area contributed by atoms with Crippen LogP contribution in [-0.2, 0) is 0 Å². The Morgan fingerprint density at radius 3 is 2.69 bits per heavy atom. The summed E-state index contributed by atoms with van der Waals surface area (Å²) >= 11 is 0. The molecule has 0 saturated carbocycles. The summed E-state index contributed by atoms with van der Waals surface area (Å²) in [6.07, 6.45) is 5.12. The van der Waals surface area contributed by atoms with Crippen molar-refractivity contribution in [3.8, 4) is 17.3 Å². The number of anilines is 3. The fourth-order valence-electron chi connectivity index (χ4n) is 3.33. The molecule has 0 fully saturated rings. The number of rotatable bonds is 5. The molecule has 3 N–H and O–H groups in total. The van der Waals surface area contributed by atoms with Gasteiger partial charge in [-0.15, -0.1) is 0 Å². The highest BCUT2D eigenvalue weighted by Gasteiger charge is 2.18. The van der Waals surface area contributed by atoms with Gasteiger partial charge in [0.25, 0.3) is 0 Å². The second-order valence-electron chi connectivity index (χ2n) is 7.24. The van der Waals surface area contributed by atoms with Crippen molar-refractivity contribution in [1.29, 1.82) is 5.26 Å². The predicted molar refractivity (Wildman–Crippen MR) is 131 cm³/mol. The van der Waals surface area contributed by atoms with E-state index in [1.165, 1.54) is 31.0 Å². The van der Waals surface area contributed by atoms with Gasteiger partial charge in [-0.2, -0.15) is 5.26 Å². The van der Waals surface area contributed by atoms with Gasteiger partial charge in [-0.05, 0) is 36.4 Å². The van der Waals surface area contributed by atoms with Gasteiger partial charge in [0.05, 0.1) is 23.6 Å². The van der Waals surface area contributed by atoms with E-state index in [9.17, 15) is 13.6 Å². The van der Waals surface area contributed by atoms with E-state index in [0.29, 0.717) is 33.5 Å². The number of halogens is 2. The lowest BCUT2D eigenvalue weighted by Gasteiger charge is -2.14. The monoisotopic (exact) mass is 484 g/mol. The van der Waals surface area contributed by atoms with Gasteiger partial charge in [0, 0.05) is 24.4 Å². The number of nitrogens with zero attached hydrogens (tertiary/aromatic N) is 5. The summed E-state index contributed by atoms with van der Waals surface area (Å²) in [6.45, 7) is 0. The number of carbonyl (C=O) groups excluding carboxylic acids is 1. The maximum absolute atomic E-state index is 14.5. The normalized spacial score (nSPS) is 10.2. The summed E-state index contributed by atoms with van der Waals surface area (Å²) < 4.78 is 28.7. The zero-order chi connectivity index (χ0) is 25.5. The molecule has 0 unspecified atom stereocenters. The van der Waals surface area contributed by atoms with E-state index in [0.717, 1.165) is 6.29 Å². The first kappa shape index (κ1) is 23.9. The lowest BCUT2D eigenvalue weighted by molar-refractivity contribution is 0.112. The number of hydrogen-bond acceptors (Lipinski definition) is 8. The Labute approximate surface area is 203 Å². The minimum atomic E-state index is -0.738. The van der Waals surface area contributed by atoms with Crippen molar-refractivity contribution >= 4 is 34.6 Å². The highest BCUT2D eigenvalue weighted by molar-refractivity contribution is 5.91. The number of aromatic nitrogens is 5. The number of nitrogens with one attached hydrogen (secondary N) is 3. The molecule has 0 aliphatic carbocycles. The molecule has 9 nitrogen and oxygen atoms in total. The molecule has 0 radical (unpaired) electrons. The van der Waals surface area contributed by atoms with E-state index >= 15 is 0 Å². The van der Waals surface area contributed by atoms with Crippen LogP contribution in [0.15, 0.2) is 67.4 Å². The number of benzene rings is 2. The maximum Gasteiger partial charge on any atom is 0.181 e. The van der Waals surface area contributed by atoms with Crippen molar-refractivity contribution in [1.82, 2.24) is 24.9 Å². The zero-order valence-corrected chi connectivity index (χ0v) is 18.8. The molecule has 0 saturated heterocycles. The van der Waals surface area contributed by atoms with E-state index in [-0.39, 0.29) is 17.2 Å². The van der Waals surface area contributed by atoms with E-state index in [1.807, 2.05) is 6.07 Å². The number of fused-ring (bicyclic) bond motifs is 1. The summed E-state index contributed by atoms with van der Waals surface area (Å²) in [5.74, 6) is -1.21. The highest BCUT2D eigenvalue weighted by Crippen LogP contribution is 2.33. The van der Waals surface area contributed by atoms with Gasteiger partial charge in [-0.1, -0.05) is 12.1 Å². The SMILES string of the molecule is CNc1ccc(F)c(Nc2ncccc2-c2ncnc3nc[nH]c23)c1F.N#Cc1cccc(C=O)c1. The Hall–Kier alpha value is -5.24. The average molecular weight is 484 g/mol. The Kier molecular flexibility index (Phi) is 7.17. The van der Waals surface area contributed by atoms with Crippen molar-refractivity contribution in [2.75, 3.05) is 17.7 Å². The quantitative estimate of drug-likeness (QED) is 0.302. The van der Waals surface area contributed by atoms with Crippen LogP contribution in [0.25, 0.3) is 22.4 Å². The van der Waals surface area contributed by atoms with Gasteiger partial charge in [-0.3, -0.25) is 4.79 Å². The predicted octanol–water partition coefficient (Wildman–Crippen LogP) is 4.85. The van der Waals surface area contributed by atoms with Crippen LogP contribution < -0.4 is 10.6 Å². The Morgan fingerprint density at radius 2 is 1.92 bits per heavy atom. The lowest BCUT2D eigenvalue weighted by Crippen LogP contribution is -2.04. The maximum atomic E-state index is 14.5. The van der Waals surface area contributed by atoms with Crippen LogP contribution in [0.2, 0.25) is 0 Å². The second kappa shape index (κ2) is 10.8. The molecule has 0 atom stereocenters. The third-order valence-corrected chi connectivity index (χ3v) is 5.04. The number of imidazole rings is 1. The van der Waals surface area contributed by atoms with Gasteiger partial charge >= 0.3 is 0 Å². The fourth-order valence-corrected chi connectivity index (χ4v) is 3.33. The molecule has 11 heteroatoms. The zero-order valence-electron chi connectivity index (χ0n) is 18.8. The van der Waals surface area contributed by atoms with E-state index < -0.39 is 11.6 Å². The van der Waals surface area contributed by atoms with Crippen LogP contribution in [0.5, 0.6) is 0 Å². The van der Waals surface area contributed by atoms with Gasteiger partial charge in [-0.25, -0.2) is 28.7 Å². The first-order valence-electron chi connectivity index (χ1n) is 10.5. The van der Waals surface area contributed by atoms with Gasteiger partial charge < -0.3 is 15.6 Å². The molecular weight excluding hydrogens is 466 g/mol. The van der Waals surface area contributed by atoms with Crippen molar-refractivity contribution in [3.05, 3.63) is 90.1 Å². The standard InChI is InChI=1S/C17H13F2N7.C8H5NO/c1-20-11-5-4-10(18)14(12(11)19)26-16-9(3-2-6-21-16)13-15-17(24-7-22-13)25-8-23-15;9-5-7-2-1-3-8(4-7)6-10/h2-8,20H,1H3,(H,21,26)(H,22,23,24,25);1-4,6H. The van der Waals surface area contributed by atoms with Gasteiger partial charge in [0.2, 0.25) is 0 Å². The number of nitriles is 1. The first-order valence-corrected chi connectivity index (χ1v) is 10.5. The van der Waals surface area contributed by atoms with Crippen LogP contribution in [0, 0.1) is 23.0 Å². The number of carbonyl (C=O) groups is 1. The molecular formula is C25H18F2N8O. The van der Waals surface area contributed by atoms with Crippen LogP contribution in [0.4, 0.5) is 26.0 Å². The molecule has 5 aromatic rings. The highest BCUT2D eigenvalue weighted by atomic mass is 19.1. The first-order chi connectivity index (χ1) is 17.5. The van der Waals surface area contributed by atoms with Crippen LogP contribution in [-0.4, -0.2) is 38.3 Å². The summed E-state index contributed by atoms with van der Waals surface area (Å²) in [5.41, 5.74) is 3.10. The van der Waals surface area contributed by atoms with E-state index in [1.54, 1.807) is 43.4 Å². The third kappa shape index (κ3) is 4.97. The second-order valence-corrected chi connectivity index (χ2v) is 7.24. The van der Waals surface area contributed by atoms with Crippen molar-refractivity contribution in [3.63, 3.8) is 0 Å². The molecule has 3 aromatic heterocycles. The fraction of sp³-hybridized carbons (Fsp3) is 0.0400. The molecule has 2 aromatic carbocycles. The molecule has 0 spiro atoms. The molecule has 0 amide bonds. The Balaban J connectivity index is 0.000000256. The topological polar surface area (TPSA) is 132 Å². The summed E-state index contributed by atoms with van der Waals surface area (Å²) in [4.78, 5) is 29.8. The van der Waals surface area contributed by atoms with Gasteiger partial charge in [0.1, 0.15) is 41.1 Å². The van der Waals surface area contributed by atoms with Crippen LogP contribution in [0.1, 0.15) is 15.9 Å². The van der Waals surface area contributed by atoms with Crippen molar-refractivity contribution in [2.45, 2.75) is 0 Å². The Bertz CT molecular complexity index is 1580. The average Bonchev–Trinajstić information content (AvgIpc) is 3.41. The van der Waals surface area contributed by atoms with Crippen LogP contribution in [0.3, 0.4) is 0 Å². The summed E-state index contributed by atoms with van der Waals surface area (Å²) in [6, 6.07) is 14.5. The number of pyridine rings is 1.